The highest BCUT2D eigenvalue weighted by Gasteiger charge is 2.26. The fourth-order valence-electron chi connectivity index (χ4n) is 4.63. The zero-order chi connectivity index (χ0) is 23.6. The van der Waals surface area contributed by atoms with Crippen LogP contribution in [0.4, 0.5) is 0 Å². The number of piperazine rings is 1. The van der Waals surface area contributed by atoms with Crippen LogP contribution in [0, 0.1) is 0 Å². The van der Waals surface area contributed by atoms with Crippen LogP contribution in [0.15, 0.2) is 78.9 Å². The Morgan fingerprint density at radius 1 is 0.794 bits per heavy atom. The predicted octanol–water partition coefficient (Wildman–Crippen LogP) is 5.44. The lowest BCUT2D eigenvalue weighted by atomic mass is 9.96. The van der Waals surface area contributed by atoms with E-state index in [9.17, 15) is 0 Å². The van der Waals surface area contributed by atoms with Gasteiger partial charge >= 0.3 is 0 Å². The van der Waals surface area contributed by atoms with Crippen LogP contribution in [0.1, 0.15) is 35.6 Å². The Labute approximate surface area is 208 Å². The number of rotatable bonds is 11. The molecule has 1 heterocycles. The molecule has 0 aliphatic carbocycles. The molecular formula is C29H35ClN2O2. The smallest absolute Gasteiger partial charge is 0.119 e. The van der Waals surface area contributed by atoms with Gasteiger partial charge in [-0.2, -0.15) is 0 Å². The molecule has 3 aromatic rings. The minimum Gasteiger partial charge on any atom is -0.492 e. The zero-order valence-corrected chi connectivity index (χ0v) is 20.5. The molecule has 0 amide bonds. The van der Waals surface area contributed by atoms with Crippen molar-refractivity contribution in [2.45, 2.75) is 25.3 Å². The van der Waals surface area contributed by atoms with Crippen molar-refractivity contribution in [2.24, 2.45) is 0 Å². The van der Waals surface area contributed by atoms with Crippen molar-refractivity contribution in [2.75, 3.05) is 45.9 Å². The molecule has 0 bridgehead atoms. The summed E-state index contributed by atoms with van der Waals surface area (Å²) in [6, 6.07) is 27.7. The topological polar surface area (TPSA) is 35.9 Å². The Morgan fingerprint density at radius 3 is 2.15 bits per heavy atom. The summed E-state index contributed by atoms with van der Waals surface area (Å²) in [6.45, 7) is 6.00. The number of aryl methyl sites for hydroxylation is 1. The molecule has 1 fully saturated rings. The Kier molecular flexibility index (Phi) is 9.40. The molecule has 0 spiro atoms. The highest BCUT2D eigenvalue weighted by atomic mass is 35.5. The summed E-state index contributed by atoms with van der Waals surface area (Å²) in [5.41, 5.74) is 3.90. The van der Waals surface area contributed by atoms with Crippen LogP contribution in [0.2, 0.25) is 5.02 Å². The SMILES string of the molecule is OCCCCc1ccc(OCCN2CCN(C(c3ccccc3)c3ccc(Cl)cc3)CC2)cc1. The number of benzene rings is 3. The Morgan fingerprint density at radius 2 is 1.47 bits per heavy atom. The van der Waals surface area contributed by atoms with Gasteiger partial charge in [-0.3, -0.25) is 9.80 Å². The highest BCUT2D eigenvalue weighted by Crippen LogP contribution is 2.30. The first kappa shape index (κ1) is 24.7. The molecule has 34 heavy (non-hydrogen) atoms. The molecule has 1 atom stereocenters. The van der Waals surface area contributed by atoms with Crippen molar-refractivity contribution < 1.29 is 9.84 Å². The molecule has 0 saturated carbocycles. The van der Waals surface area contributed by atoms with E-state index >= 15 is 0 Å². The van der Waals surface area contributed by atoms with Gasteiger partial charge in [0.15, 0.2) is 0 Å². The third-order valence-corrected chi connectivity index (χ3v) is 6.80. The normalized spacial score (nSPS) is 15.8. The molecule has 5 heteroatoms. The summed E-state index contributed by atoms with van der Waals surface area (Å²) in [5.74, 6) is 0.927. The lowest BCUT2D eigenvalue weighted by Gasteiger charge is -2.39. The van der Waals surface area contributed by atoms with Gasteiger partial charge in [0.25, 0.3) is 0 Å². The van der Waals surface area contributed by atoms with E-state index in [0.29, 0.717) is 6.61 Å². The van der Waals surface area contributed by atoms with E-state index in [-0.39, 0.29) is 12.6 Å². The quantitative estimate of drug-likeness (QED) is 0.372. The highest BCUT2D eigenvalue weighted by molar-refractivity contribution is 6.30. The van der Waals surface area contributed by atoms with E-state index in [1.807, 2.05) is 12.1 Å². The van der Waals surface area contributed by atoms with Gasteiger partial charge < -0.3 is 9.84 Å². The summed E-state index contributed by atoms with van der Waals surface area (Å²) < 4.78 is 6.01. The number of nitrogens with zero attached hydrogens (tertiary/aromatic N) is 2. The van der Waals surface area contributed by atoms with Crippen LogP contribution in [-0.2, 0) is 6.42 Å². The third-order valence-electron chi connectivity index (χ3n) is 6.55. The van der Waals surface area contributed by atoms with Crippen molar-refractivity contribution in [3.8, 4) is 5.75 Å². The summed E-state index contributed by atoms with van der Waals surface area (Å²) >= 11 is 6.15. The van der Waals surface area contributed by atoms with Crippen LogP contribution in [0.25, 0.3) is 0 Å². The number of aliphatic hydroxyl groups excluding tert-OH is 1. The van der Waals surface area contributed by atoms with Gasteiger partial charge in [-0.05, 0) is 60.2 Å². The minimum atomic E-state index is 0.243. The second-order valence-electron chi connectivity index (χ2n) is 8.92. The molecule has 1 saturated heterocycles. The monoisotopic (exact) mass is 478 g/mol. The molecule has 0 radical (unpaired) electrons. The zero-order valence-electron chi connectivity index (χ0n) is 19.8. The number of halogens is 1. The summed E-state index contributed by atoms with van der Waals surface area (Å²) in [7, 11) is 0. The van der Waals surface area contributed by atoms with Crippen molar-refractivity contribution in [3.63, 3.8) is 0 Å². The van der Waals surface area contributed by atoms with Gasteiger partial charge in [-0.1, -0.05) is 66.2 Å². The van der Waals surface area contributed by atoms with E-state index in [1.165, 1.54) is 16.7 Å². The number of ether oxygens (including phenoxy) is 1. The maximum atomic E-state index is 8.92. The van der Waals surface area contributed by atoms with Gasteiger partial charge in [0.2, 0.25) is 0 Å². The van der Waals surface area contributed by atoms with E-state index in [0.717, 1.165) is 62.8 Å². The Hall–Kier alpha value is -2.37. The minimum absolute atomic E-state index is 0.243. The first-order chi connectivity index (χ1) is 16.7. The standard InChI is InChI=1S/C29H35ClN2O2/c30-27-13-11-26(12-14-27)29(25-7-2-1-3-8-25)32-19-17-31(18-20-32)21-23-34-28-15-9-24(10-16-28)6-4-5-22-33/h1-3,7-16,29,33H,4-6,17-23H2. The number of unbranched alkanes of at least 4 members (excludes halogenated alkanes) is 1. The Bertz CT molecular complexity index is 971. The van der Waals surface area contributed by atoms with Crippen LogP contribution in [-0.4, -0.2) is 60.8 Å². The molecule has 1 aliphatic heterocycles. The second kappa shape index (κ2) is 12.9. The maximum absolute atomic E-state index is 8.92. The van der Waals surface area contributed by atoms with Gasteiger partial charge in [0.1, 0.15) is 12.4 Å². The van der Waals surface area contributed by atoms with Crippen molar-refractivity contribution >= 4 is 11.6 Å². The van der Waals surface area contributed by atoms with Crippen LogP contribution < -0.4 is 4.74 Å². The Balaban J connectivity index is 1.27. The van der Waals surface area contributed by atoms with Crippen molar-refractivity contribution in [1.29, 1.82) is 0 Å². The average Bonchev–Trinajstić information content (AvgIpc) is 2.88. The molecule has 180 valence electrons. The predicted molar refractivity (Wildman–Crippen MR) is 140 cm³/mol. The second-order valence-corrected chi connectivity index (χ2v) is 9.35. The number of hydrogen-bond donors (Lipinski definition) is 1. The van der Waals surface area contributed by atoms with Gasteiger partial charge in [0.05, 0.1) is 6.04 Å². The molecule has 1 aliphatic rings. The average molecular weight is 479 g/mol. The molecule has 4 rings (SSSR count). The van der Waals surface area contributed by atoms with Gasteiger partial charge in [-0.25, -0.2) is 0 Å². The van der Waals surface area contributed by atoms with E-state index in [4.69, 9.17) is 21.4 Å². The first-order valence-corrected chi connectivity index (χ1v) is 12.7. The maximum Gasteiger partial charge on any atom is 0.119 e. The van der Waals surface area contributed by atoms with Gasteiger partial charge in [-0.15, -0.1) is 0 Å². The van der Waals surface area contributed by atoms with Crippen LogP contribution in [0.3, 0.4) is 0 Å². The number of hydrogen-bond acceptors (Lipinski definition) is 4. The molecule has 3 aromatic carbocycles. The fraction of sp³-hybridized carbons (Fsp3) is 0.379. The summed E-state index contributed by atoms with van der Waals surface area (Å²) in [5, 5.41) is 9.69. The van der Waals surface area contributed by atoms with Gasteiger partial charge in [0, 0.05) is 44.4 Å². The molecular weight excluding hydrogens is 444 g/mol. The molecule has 4 nitrogen and oxygen atoms in total. The lowest BCUT2D eigenvalue weighted by molar-refractivity contribution is 0.0977. The van der Waals surface area contributed by atoms with E-state index in [2.05, 4.69) is 76.5 Å². The summed E-state index contributed by atoms with van der Waals surface area (Å²) in [6.07, 6.45) is 2.88. The largest absolute Gasteiger partial charge is 0.492 e. The van der Waals surface area contributed by atoms with Crippen molar-refractivity contribution in [3.05, 3.63) is 101 Å². The molecule has 0 aromatic heterocycles. The van der Waals surface area contributed by atoms with Crippen LogP contribution >= 0.6 is 11.6 Å². The lowest BCUT2D eigenvalue weighted by Crippen LogP contribution is -2.48. The van der Waals surface area contributed by atoms with E-state index in [1.54, 1.807) is 0 Å². The molecule has 1 N–H and O–H groups in total. The fourth-order valence-corrected chi connectivity index (χ4v) is 4.75. The number of aliphatic hydroxyl groups is 1. The summed E-state index contributed by atoms with van der Waals surface area (Å²) in [4.78, 5) is 5.06. The third kappa shape index (κ3) is 7.07. The van der Waals surface area contributed by atoms with Crippen molar-refractivity contribution in [1.82, 2.24) is 9.80 Å². The van der Waals surface area contributed by atoms with Crippen LogP contribution in [0.5, 0.6) is 5.75 Å². The molecule has 1 unspecified atom stereocenters. The first-order valence-electron chi connectivity index (χ1n) is 12.3. The van der Waals surface area contributed by atoms with E-state index < -0.39 is 0 Å².